The van der Waals surface area contributed by atoms with Crippen molar-refractivity contribution in [2.75, 3.05) is 33.9 Å². The minimum Gasteiger partial charge on any atom is -0.497 e. The number of hydrogen-bond donors (Lipinski definition) is 1. The Morgan fingerprint density at radius 1 is 1.21 bits per heavy atom. The third-order valence-electron chi connectivity index (χ3n) is 7.19. The molecule has 1 N–H and O–H groups in total. The summed E-state index contributed by atoms with van der Waals surface area (Å²) in [7, 11) is 3.23. The van der Waals surface area contributed by atoms with Gasteiger partial charge in [0.05, 0.1) is 19.8 Å². The number of ketones is 1. The van der Waals surface area contributed by atoms with E-state index in [1.807, 2.05) is 24.4 Å². The Morgan fingerprint density at radius 3 is 2.72 bits per heavy atom. The van der Waals surface area contributed by atoms with Crippen molar-refractivity contribution in [3.8, 4) is 11.5 Å². The zero-order valence-corrected chi connectivity index (χ0v) is 16.9. The molecule has 152 valence electrons. The van der Waals surface area contributed by atoms with Crippen LogP contribution in [0.25, 0.3) is 0 Å². The van der Waals surface area contributed by atoms with Crippen molar-refractivity contribution in [1.29, 1.82) is 0 Å². The Morgan fingerprint density at radius 2 is 2.03 bits per heavy atom. The van der Waals surface area contributed by atoms with Crippen LogP contribution in [0.5, 0.6) is 11.5 Å². The molecule has 3 unspecified atom stereocenters. The van der Waals surface area contributed by atoms with Crippen LogP contribution in [0.4, 0.5) is 0 Å². The first-order chi connectivity index (χ1) is 14.2. The van der Waals surface area contributed by atoms with Gasteiger partial charge in [-0.05, 0) is 55.6 Å². The van der Waals surface area contributed by atoms with Gasteiger partial charge in [-0.15, -0.1) is 0 Å². The molecule has 0 aliphatic carbocycles. The Bertz CT molecular complexity index is 911. The van der Waals surface area contributed by atoms with Crippen LogP contribution >= 0.6 is 0 Å². The third-order valence-corrected chi connectivity index (χ3v) is 7.19. The highest BCUT2D eigenvalue weighted by Gasteiger charge is 2.65. The Hall–Kier alpha value is -2.44. The van der Waals surface area contributed by atoms with Crippen LogP contribution in [0.3, 0.4) is 0 Å². The number of carbonyl (C=O) groups excluding carboxylic acids is 1. The first kappa shape index (κ1) is 18.6. The zero-order chi connectivity index (χ0) is 20.0. The average molecular weight is 393 g/mol. The van der Waals surface area contributed by atoms with Gasteiger partial charge in [0.25, 0.3) is 0 Å². The Labute approximate surface area is 171 Å². The number of piperidine rings is 3. The van der Waals surface area contributed by atoms with Crippen LogP contribution in [-0.2, 0) is 0 Å². The molecule has 2 bridgehead atoms. The number of aromatic nitrogens is 1. The van der Waals surface area contributed by atoms with E-state index in [4.69, 9.17) is 9.47 Å². The maximum atomic E-state index is 14.3. The number of pyridine rings is 1. The van der Waals surface area contributed by atoms with Crippen molar-refractivity contribution in [1.82, 2.24) is 15.2 Å². The summed E-state index contributed by atoms with van der Waals surface area (Å²) >= 11 is 0. The summed E-state index contributed by atoms with van der Waals surface area (Å²) in [5, 5.41) is 3.73. The molecular weight excluding hydrogens is 366 g/mol. The molecule has 6 rings (SSSR count). The highest BCUT2D eigenvalue weighted by Crippen LogP contribution is 2.52. The average Bonchev–Trinajstić information content (AvgIpc) is 3.23. The van der Waals surface area contributed by atoms with Crippen molar-refractivity contribution in [2.24, 2.45) is 5.92 Å². The summed E-state index contributed by atoms with van der Waals surface area (Å²) in [5.74, 6) is 1.98. The Balaban J connectivity index is 1.66. The van der Waals surface area contributed by atoms with Crippen molar-refractivity contribution in [3.05, 3.63) is 53.9 Å². The van der Waals surface area contributed by atoms with Crippen molar-refractivity contribution in [3.63, 3.8) is 0 Å². The fourth-order valence-corrected chi connectivity index (χ4v) is 5.92. The summed E-state index contributed by atoms with van der Waals surface area (Å²) < 4.78 is 11.0. The molecule has 0 amide bonds. The van der Waals surface area contributed by atoms with Gasteiger partial charge in [0, 0.05) is 37.0 Å². The second-order valence-electron chi connectivity index (χ2n) is 8.27. The maximum absolute atomic E-state index is 14.3. The van der Waals surface area contributed by atoms with Gasteiger partial charge in [-0.1, -0.05) is 6.07 Å². The summed E-state index contributed by atoms with van der Waals surface area (Å²) in [4.78, 5) is 21.1. The molecule has 1 aromatic carbocycles. The van der Waals surface area contributed by atoms with Crippen LogP contribution in [0.15, 0.2) is 42.7 Å². The highest BCUT2D eigenvalue weighted by molar-refractivity contribution is 6.07. The molecule has 4 fully saturated rings. The predicted octanol–water partition coefficient (Wildman–Crippen LogP) is 2.50. The number of rotatable bonds is 5. The van der Waals surface area contributed by atoms with Gasteiger partial charge in [0.1, 0.15) is 17.0 Å². The molecule has 0 spiro atoms. The molecule has 4 aliphatic rings. The fourth-order valence-electron chi connectivity index (χ4n) is 5.92. The third kappa shape index (κ3) is 2.62. The molecule has 0 saturated carbocycles. The number of nitrogens with zero attached hydrogens (tertiary/aromatic N) is 2. The van der Waals surface area contributed by atoms with E-state index in [9.17, 15) is 4.79 Å². The quantitative estimate of drug-likeness (QED) is 0.788. The van der Waals surface area contributed by atoms with Gasteiger partial charge in [-0.3, -0.25) is 14.7 Å². The van der Waals surface area contributed by atoms with E-state index < -0.39 is 5.54 Å². The standard InChI is InChI=1S/C23H27N3O3/c1-28-17-5-6-18(20(12-17)29-2)22(27)23-19(16-4-3-9-24-13-16)14-25-21(23)15-7-10-26(23)11-8-15/h3-6,9,12-13,15,19,21,25H,7-8,10-11,14H2,1-2H3. The molecule has 6 heteroatoms. The van der Waals surface area contributed by atoms with E-state index in [2.05, 4.69) is 21.3 Å². The lowest BCUT2D eigenvalue weighted by molar-refractivity contribution is -0.0314. The normalized spacial score (nSPS) is 32.6. The molecule has 6 nitrogen and oxygen atoms in total. The van der Waals surface area contributed by atoms with Gasteiger partial charge in [0.2, 0.25) is 0 Å². The molecule has 3 atom stereocenters. The topological polar surface area (TPSA) is 63.7 Å². The van der Waals surface area contributed by atoms with Gasteiger partial charge in [-0.2, -0.15) is 0 Å². The number of benzene rings is 1. The fraction of sp³-hybridized carbons (Fsp3) is 0.478. The van der Waals surface area contributed by atoms with Crippen LogP contribution in [-0.4, -0.2) is 61.1 Å². The second kappa shape index (κ2) is 7.11. The largest absolute Gasteiger partial charge is 0.497 e. The summed E-state index contributed by atoms with van der Waals surface area (Å²) in [5.41, 5.74) is 1.14. The van der Waals surface area contributed by atoms with Crippen molar-refractivity contribution < 1.29 is 14.3 Å². The van der Waals surface area contributed by atoms with E-state index in [1.165, 1.54) is 0 Å². The second-order valence-corrected chi connectivity index (χ2v) is 8.27. The molecular formula is C23H27N3O3. The number of nitrogens with one attached hydrogen (secondary N) is 1. The highest BCUT2D eigenvalue weighted by atomic mass is 16.5. The molecule has 29 heavy (non-hydrogen) atoms. The van der Waals surface area contributed by atoms with E-state index in [0.29, 0.717) is 23.0 Å². The van der Waals surface area contributed by atoms with E-state index in [1.54, 1.807) is 26.5 Å². The van der Waals surface area contributed by atoms with Crippen LogP contribution < -0.4 is 14.8 Å². The van der Waals surface area contributed by atoms with Gasteiger partial charge >= 0.3 is 0 Å². The predicted molar refractivity (Wildman–Crippen MR) is 110 cm³/mol. The molecule has 4 aliphatic heterocycles. The first-order valence-electron chi connectivity index (χ1n) is 10.3. The van der Waals surface area contributed by atoms with Crippen molar-refractivity contribution >= 4 is 5.78 Å². The first-order valence-corrected chi connectivity index (χ1v) is 10.3. The Kier molecular flexibility index (Phi) is 4.56. The number of carbonyl (C=O) groups is 1. The number of Topliss-reactive ketones (excluding diaryl/α,β-unsaturated/α-hetero) is 1. The minimum atomic E-state index is -0.605. The number of fused-ring (bicyclic) bond motifs is 2. The van der Waals surface area contributed by atoms with Crippen LogP contribution in [0.2, 0.25) is 0 Å². The smallest absolute Gasteiger partial charge is 0.189 e. The van der Waals surface area contributed by atoms with Gasteiger partial charge in [-0.25, -0.2) is 0 Å². The summed E-state index contributed by atoms with van der Waals surface area (Å²) in [6, 6.07) is 9.72. The minimum absolute atomic E-state index is 0.0589. The molecule has 4 saturated heterocycles. The van der Waals surface area contributed by atoms with E-state index in [-0.39, 0.29) is 17.7 Å². The molecule has 0 radical (unpaired) electrons. The van der Waals surface area contributed by atoms with Crippen molar-refractivity contribution in [2.45, 2.75) is 30.3 Å². The zero-order valence-electron chi connectivity index (χ0n) is 16.9. The molecule has 1 aromatic heterocycles. The van der Waals surface area contributed by atoms with Crippen LogP contribution in [0.1, 0.15) is 34.7 Å². The maximum Gasteiger partial charge on any atom is 0.189 e. The summed E-state index contributed by atoms with van der Waals surface area (Å²) in [6.45, 7) is 2.71. The van der Waals surface area contributed by atoms with E-state index >= 15 is 0 Å². The lowest BCUT2D eigenvalue weighted by Gasteiger charge is -2.57. The number of ether oxygens (including phenoxy) is 2. The monoisotopic (exact) mass is 393 g/mol. The van der Waals surface area contributed by atoms with E-state index in [0.717, 1.165) is 38.0 Å². The lowest BCUT2D eigenvalue weighted by Crippen LogP contribution is -2.72. The lowest BCUT2D eigenvalue weighted by atomic mass is 9.63. The summed E-state index contributed by atoms with van der Waals surface area (Å²) in [6.07, 6.45) is 5.99. The molecule has 2 aromatic rings. The van der Waals surface area contributed by atoms with Gasteiger partial charge < -0.3 is 14.8 Å². The number of methoxy groups -OCH3 is 2. The van der Waals surface area contributed by atoms with Crippen LogP contribution in [0, 0.1) is 5.92 Å². The number of hydrogen-bond acceptors (Lipinski definition) is 6. The molecule has 5 heterocycles. The SMILES string of the molecule is COc1ccc(C(=O)C23C(c4cccnc4)CNC2C2CCN3CC2)c(OC)c1. The van der Waals surface area contributed by atoms with Gasteiger partial charge in [0.15, 0.2) is 5.78 Å².